The zero-order valence-corrected chi connectivity index (χ0v) is 17.3. The van der Waals surface area contributed by atoms with Crippen LogP contribution in [0.2, 0.25) is 0 Å². The molecule has 0 spiro atoms. The van der Waals surface area contributed by atoms with E-state index in [9.17, 15) is 13.2 Å². The van der Waals surface area contributed by atoms with Crippen molar-refractivity contribution in [2.24, 2.45) is 4.40 Å². The number of hydrogen-bond acceptors (Lipinski definition) is 4. The van der Waals surface area contributed by atoms with Gasteiger partial charge in [-0.2, -0.15) is 8.42 Å². The third-order valence-corrected chi connectivity index (χ3v) is 6.54. The summed E-state index contributed by atoms with van der Waals surface area (Å²) in [5.74, 6) is -0.301. The highest BCUT2D eigenvalue weighted by atomic mass is 79.9. The zero-order valence-electron chi connectivity index (χ0n) is 14.1. The number of rotatable bonds is 5. The fourth-order valence-electron chi connectivity index (χ4n) is 2.32. The summed E-state index contributed by atoms with van der Waals surface area (Å²) >= 11 is 4.40. The van der Waals surface area contributed by atoms with Crippen molar-refractivity contribution in [3.63, 3.8) is 0 Å². The van der Waals surface area contributed by atoms with Crippen LogP contribution in [0.4, 0.5) is 0 Å². The van der Waals surface area contributed by atoms with Gasteiger partial charge in [0.15, 0.2) is 5.17 Å². The molecule has 1 saturated heterocycles. The quantitative estimate of drug-likeness (QED) is 0.490. The molecule has 5 nitrogen and oxygen atoms in total. The van der Waals surface area contributed by atoms with E-state index in [1.807, 2.05) is 24.3 Å². The molecule has 2 aromatic rings. The van der Waals surface area contributed by atoms with Crippen LogP contribution in [0.25, 0.3) is 6.08 Å². The smallest absolute Gasteiger partial charge is 0.282 e. The molecule has 0 unspecified atom stereocenters. The molecule has 1 aliphatic heterocycles. The number of amides is 1. The van der Waals surface area contributed by atoms with Crippen molar-refractivity contribution >= 4 is 54.9 Å². The summed E-state index contributed by atoms with van der Waals surface area (Å²) in [5.41, 5.74) is 0.833. The maximum Gasteiger partial charge on any atom is 0.284 e. The van der Waals surface area contributed by atoms with Crippen molar-refractivity contribution < 1.29 is 13.2 Å². The third-order valence-electron chi connectivity index (χ3n) is 3.61. The maximum atomic E-state index is 12.7. The first-order valence-electron chi connectivity index (χ1n) is 7.88. The molecular formula is C19H15BrN2O3S2. The normalized spacial score (nSPS) is 17.7. The molecule has 2 aromatic carbocycles. The molecule has 0 aliphatic carbocycles. The first-order valence-corrected chi connectivity index (χ1v) is 10.9. The summed E-state index contributed by atoms with van der Waals surface area (Å²) in [7, 11) is -3.91. The first kappa shape index (κ1) is 19.6. The Balaban J connectivity index is 1.98. The summed E-state index contributed by atoms with van der Waals surface area (Å²) in [6.07, 6.45) is 3.25. The number of benzene rings is 2. The lowest BCUT2D eigenvalue weighted by atomic mass is 10.2. The van der Waals surface area contributed by atoms with Gasteiger partial charge in [0.05, 0.1) is 9.80 Å². The highest BCUT2D eigenvalue weighted by Gasteiger charge is 2.34. The standard InChI is InChI=1S/C19H15BrN2O3S2/c1-2-12-22-18(23)17(13-14-8-10-15(20)11-9-14)26-19(22)21-27(24,25)16-6-4-3-5-7-16/h2-11,13H,1,12H2. The van der Waals surface area contributed by atoms with Gasteiger partial charge in [-0.25, -0.2) is 0 Å². The minimum atomic E-state index is -3.91. The first-order chi connectivity index (χ1) is 12.9. The lowest BCUT2D eigenvalue weighted by Gasteiger charge is -2.12. The molecule has 0 aromatic heterocycles. The molecule has 27 heavy (non-hydrogen) atoms. The molecule has 1 aliphatic rings. The number of amidine groups is 1. The molecule has 0 N–H and O–H groups in total. The summed E-state index contributed by atoms with van der Waals surface area (Å²) in [6.45, 7) is 3.81. The van der Waals surface area contributed by atoms with E-state index >= 15 is 0 Å². The van der Waals surface area contributed by atoms with E-state index in [2.05, 4.69) is 26.9 Å². The monoisotopic (exact) mass is 462 g/mol. The molecular weight excluding hydrogens is 448 g/mol. The Labute approximate surface area is 170 Å². The van der Waals surface area contributed by atoms with Crippen molar-refractivity contribution in [1.82, 2.24) is 4.90 Å². The van der Waals surface area contributed by atoms with Gasteiger partial charge in [-0.3, -0.25) is 9.69 Å². The predicted octanol–water partition coefficient (Wildman–Crippen LogP) is 4.30. The van der Waals surface area contributed by atoms with Crippen LogP contribution in [0.5, 0.6) is 0 Å². The number of carbonyl (C=O) groups excluding carboxylic acids is 1. The van der Waals surface area contributed by atoms with E-state index in [4.69, 9.17) is 0 Å². The van der Waals surface area contributed by atoms with E-state index in [-0.39, 0.29) is 22.5 Å². The lowest BCUT2D eigenvalue weighted by Crippen LogP contribution is -2.29. The number of nitrogens with zero attached hydrogens (tertiary/aromatic N) is 2. The van der Waals surface area contributed by atoms with Crippen molar-refractivity contribution in [3.05, 3.63) is 82.2 Å². The molecule has 138 valence electrons. The topological polar surface area (TPSA) is 66.8 Å². The van der Waals surface area contributed by atoms with Gasteiger partial charge in [-0.15, -0.1) is 11.0 Å². The summed E-state index contributed by atoms with van der Waals surface area (Å²) in [5, 5.41) is 0.118. The molecule has 0 atom stereocenters. The summed E-state index contributed by atoms with van der Waals surface area (Å²) < 4.78 is 29.9. The van der Waals surface area contributed by atoms with Crippen LogP contribution >= 0.6 is 27.7 Å². The van der Waals surface area contributed by atoms with Crippen LogP contribution in [0.3, 0.4) is 0 Å². The lowest BCUT2D eigenvalue weighted by molar-refractivity contribution is -0.121. The molecule has 0 saturated carbocycles. The molecule has 0 radical (unpaired) electrons. The van der Waals surface area contributed by atoms with Gasteiger partial charge in [0.2, 0.25) is 0 Å². The van der Waals surface area contributed by atoms with Crippen molar-refractivity contribution in [2.45, 2.75) is 4.90 Å². The number of sulfonamides is 1. The number of thioether (sulfide) groups is 1. The second kappa shape index (κ2) is 8.24. The highest BCUT2D eigenvalue weighted by molar-refractivity contribution is 9.10. The Kier molecular flexibility index (Phi) is 5.98. The second-order valence-electron chi connectivity index (χ2n) is 5.53. The van der Waals surface area contributed by atoms with Crippen molar-refractivity contribution in [1.29, 1.82) is 0 Å². The number of carbonyl (C=O) groups is 1. The zero-order chi connectivity index (χ0) is 19.4. The van der Waals surface area contributed by atoms with Gasteiger partial charge in [0, 0.05) is 11.0 Å². The van der Waals surface area contributed by atoms with E-state index in [0.717, 1.165) is 21.8 Å². The largest absolute Gasteiger partial charge is 0.284 e. The Bertz CT molecular complexity index is 1030. The third kappa shape index (κ3) is 4.58. The average Bonchev–Trinajstić information content (AvgIpc) is 2.93. The number of halogens is 1. The van der Waals surface area contributed by atoms with Gasteiger partial charge >= 0.3 is 0 Å². The number of hydrogen-bond donors (Lipinski definition) is 0. The summed E-state index contributed by atoms with van der Waals surface area (Å²) in [4.78, 5) is 14.5. The molecule has 0 bridgehead atoms. The molecule has 1 amide bonds. The Hall–Kier alpha value is -2.16. The van der Waals surface area contributed by atoms with Crippen LogP contribution in [-0.2, 0) is 14.8 Å². The van der Waals surface area contributed by atoms with Crippen LogP contribution < -0.4 is 0 Å². The van der Waals surface area contributed by atoms with Crippen LogP contribution in [0.15, 0.2) is 85.9 Å². The van der Waals surface area contributed by atoms with Gasteiger partial charge in [-0.1, -0.05) is 52.3 Å². The highest BCUT2D eigenvalue weighted by Crippen LogP contribution is 2.33. The minimum absolute atomic E-state index is 0.0782. The van der Waals surface area contributed by atoms with Gasteiger partial charge in [0.1, 0.15) is 0 Å². The molecule has 1 fully saturated rings. The van der Waals surface area contributed by atoms with E-state index < -0.39 is 10.0 Å². The van der Waals surface area contributed by atoms with E-state index in [1.165, 1.54) is 23.1 Å². The maximum absolute atomic E-state index is 12.7. The Morgan fingerprint density at radius 1 is 1.11 bits per heavy atom. The van der Waals surface area contributed by atoms with Crippen LogP contribution in [0, 0.1) is 0 Å². The molecule has 1 heterocycles. The Morgan fingerprint density at radius 3 is 2.41 bits per heavy atom. The Morgan fingerprint density at radius 2 is 1.78 bits per heavy atom. The fourth-order valence-corrected chi connectivity index (χ4v) is 4.80. The van der Waals surface area contributed by atoms with E-state index in [0.29, 0.717) is 4.91 Å². The van der Waals surface area contributed by atoms with E-state index in [1.54, 1.807) is 24.3 Å². The van der Waals surface area contributed by atoms with Crippen molar-refractivity contribution in [2.75, 3.05) is 6.54 Å². The van der Waals surface area contributed by atoms with Gasteiger partial charge in [-0.05, 0) is 47.7 Å². The van der Waals surface area contributed by atoms with Crippen LogP contribution in [-0.4, -0.2) is 30.9 Å². The second-order valence-corrected chi connectivity index (χ2v) is 9.06. The average molecular weight is 463 g/mol. The van der Waals surface area contributed by atoms with Crippen molar-refractivity contribution in [3.8, 4) is 0 Å². The van der Waals surface area contributed by atoms with Crippen LogP contribution in [0.1, 0.15) is 5.56 Å². The molecule has 3 rings (SSSR count). The molecule has 8 heteroatoms. The minimum Gasteiger partial charge on any atom is -0.282 e. The SMILES string of the molecule is C=CCN1C(=O)C(=Cc2ccc(Br)cc2)SC1=NS(=O)(=O)c1ccccc1. The predicted molar refractivity (Wildman–Crippen MR) is 113 cm³/mol. The van der Waals surface area contributed by atoms with Gasteiger partial charge < -0.3 is 0 Å². The fraction of sp³-hybridized carbons (Fsp3) is 0.0526. The van der Waals surface area contributed by atoms with Gasteiger partial charge in [0.25, 0.3) is 15.9 Å². The summed E-state index contributed by atoms with van der Waals surface area (Å²) in [6, 6.07) is 15.4.